The summed E-state index contributed by atoms with van der Waals surface area (Å²) in [5.41, 5.74) is 5.16. The van der Waals surface area contributed by atoms with Crippen LogP contribution in [0.3, 0.4) is 0 Å². The second kappa shape index (κ2) is 5.44. The van der Waals surface area contributed by atoms with Crippen molar-refractivity contribution in [2.45, 2.75) is 12.8 Å². The van der Waals surface area contributed by atoms with E-state index in [0.29, 0.717) is 5.88 Å². The maximum Gasteiger partial charge on any atom is 0.0458 e. The zero-order valence-corrected chi connectivity index (χ0v) is 12.1. The molecule has 1 nitrogen and oxygen atoms in total. The molecule has 0 atom stereocenters. The normalized spacial score (nSPS) is 13.7. The number of nitrogens with zero attached hydrogens (tertiary/aromatic N) is 1. The van der Waals surface area contributed by atoms with E-state index in [1.54, 1.807) is 0 Å². The van der Waals surface area contributed by atoms with E-state index >= 15 is 0 Å². The summed E-state index contributed by atoms with van der Waals surface area (Å²) in [5, 5.41) is 0.776. The molecule has 0 N–H and O–H groups in total. The third-order valence-electron chi connectivity index (χ3n) is 3.59. The largest absolute Gasteiger partial charge is 0.340 e. The highest BCUT2D eigenvalue weighted by Crippen LogP contribution is 2.37. The van der Waals surface area contributed by atoms with Crippen LogP contribution < -0.4 is 4.90 Å². The summed E-state index contributed by atoms with van der Waals surface area (Å²) < 4.78 is 0. The summed E-state index contributed by atoms with van der Waals surface area (Å²) in [6.45, 7) is 0.798. The van der Waals surface area contributed by atoms with Crippen molar-refractivity contribution in [1.29, 1.82) is 0 Å². The van der Waals surface area contributed by atoms with Crippen LogP contribution in [0.4, 0.5) is 11.4 Å². The molecule has 0 bridgehead atoms. The molecule has 0 unspecified atom stereocenters. The van der Waals surface area contributed by atoms with Gasteiger partial charge in [-0.3, -0.25) is 0 Å². The van der Waals surface area contributed by atoms with Crippen molar-refractivity contribution >= 4 is 34.6 Å². The summed E-state index contributed by atoms with van der Waals surface area (Å²) in [6.07, 6.45) is 2.10. The van der Waals surface area contributed by atoms with Crippen molar-refractivity contribution in [1.82, 2.24) is 0 Å². The van der Waals surface area contributed by atoms with Crippen molar-refractivity contribution in [2.75, 3.05) is 17.3 Å². The fourth-order valence-corrected chi connectivity index (χ4v) is 3.05. The first-order valence-electron chi connectivity index (χ1n) is 6.49. The summed E-state index contributed by atoms with van der Waals surface area (Å²) in [7, 11) is 0. The lowest BCUT2D eigenvalue weighted by Crippen LogP contribution is -2.20. The smallest absolute Gasteiger partial charge is 0.0458 e. The molecule has 1 heterocycles. The minimum atomic E-state index is 0.598. The fraction of sp³-hybridized carbons (Fsp3) is 0.250. The molecule has 2 aromatic rings. The van der Waals surface area contributed by atoms with E-state index in [0.717, 1.165) is 24.4 Å². The minimum absolute atomic E-state index is 0.598. The number of halogens is 2. The topological polar surface area (TPSA) is 3.24 Å². The lowest BCUT2D eigenvalue weighted by Gasteiger charge is -2.26. The van der Waals surface area contributed by atoms with E-state index in [2.05, 4.69) is 35.2 Å². The van der Waals surface area contributed by atoms with E-state index < -0.39 is 0 Å². The Bertz CT molecular complexity index is 595. The first-order chi connectivity index (χ1) is 9.29. The molecule has 98 valence electrons. The molecule has 19 heavy (non-hydrogen) atoms. The van der Waals surface area contributed by atoms with Gasteiger partial charge in [-0.15, -0.1) is 11.6 Å². The molecule has 0 aromatic heterocycles. The molecule has 1 aliphatic heterocycles. The fourth-order valence-electron chi connectivity index (χ4n) is 2.71. The standard InChI is InChI=1S/C16H15Cl2N/c17-9-10-19-15-4-2-1-3-12(15)5-6-13-7-8-14(18)11-16(13)19/h1-4,7-8,11H,5-6,9-10H2. The van der Waals surface area contributed by atoms with Crippen molar-refractivity contribution in [3.63, 3.8) is 0 Å². The van der Waals surface area contributed by atoms with Crippen LogP contribution in [0.15, 0.2) is 42.5 Å². The molecule has 0 aliphatic carbocycles. The summed E-state index contributed by atoms with van der Waals surface area (Å²) in [4.78, 5) is 2.29. The van der Waals surface area contributed by atoms with E-state index in [1.165, 1.54) is 22.5 Å². The van der Waals surface area contributed by atoms with Gasteiger partial charge in [0.15, 0.2) is 0 Å². The zero-order valence-electron chi connectivity index (χ0n) is 10.6. The molecular weight excluding hydrogens is 277 g/mol. The molecule has 0 saturated heterocycles. The van der Waals surface area contributed by atoms with Crippen molar-refractivity contribution in [3.05, 3.63) is 58.6 Å². The Balaban J connectivity index is 2.16. The number of hydrogen-bond donors (Lipinski definition) is 0. The van der Waals surface area contributed by atoms with Crippen molar-refractivity contribution < 1.29 is 0 Å². The summed E-state index contributed by atoms with van der Waals surface area (Å²) >= 11 is 12.1. The highest BCUT2D eigenvalue weighted by molar-refractivity contribution is 6.30. The molecule has 3 heteroatoms. The van der Waals surface area contributed by atoms with Gasteiger partial charge in [0, 0.05) is 28.8 Å². The molecule has 0 spiro atoms. The lowest BCUT2D eigenvalue weighted by atomic mass is 10.0. The van der Waals surface area contributed by atoms with E-state index in [9.17, 15) is 0 Å². The lowest BCUT2D eigenvalue weighted by molar-refractivity contribution is 0.977. The van der Waals surface area contributed by atoms with Gasteiger partial charge in [0.05, 0.1) is 0 Å². The first kappa shape index (κ1) is 12.8. The Labute approximate surface area is 123 Å². The molecular formula is C16H15Cl2N. The monoisotopic (exact) mass is 291 g/mol. The maximum atomic E-state index is 6.16. The van der Waals surface area contributed by atoms with Crippen LogP contribution >= 0.6 is 23.2 Å². The number of anilines is 2. The van der Waals surface area contributed by atoms with Crippen LogP contribution in [-0.2, 0) is 12.8 Å². The maximum absolute atomic E-state index is 6.16. The second-order valence-corrected chi connectivity index (χ2v) is 5.56. The molecule has 3 rings (SSSR count). The number of aryl methyl sites for hydroxylation is 2. The number of para-hydroxylation sites is 1. The summed E-state index contributed by atoms with van der Waals surface area (Å²) in [6, 6.07) is 14.7. The van der Waals surface area contributed by atoms with Gasteiger partial charge >= 0.3 is 0 Å². The Morgan fingerprint density at radius 1 is 0.947 bits per heavy atom. The first-order valence-corrected chi connectivity index (χ1v) is 7.40. The Morgan fingerprint density at radius 3 is 2.47 bits per heavy atom. The number of hydrogen-bond acceptors (Lipinski definition) is 1. The third-order valence-corrected chi connectivity index (χ3v) is 4.00. The van der Waals surface area contributed by atoms with E-state index in [1.807, 2.05) is 12.1 Å². The highest BCUT2D eigenvalue weighted by atomic mass is 35.5. The van der Waals surface area contributed by atoms with Gasteiger partial charge in [-0.05, 0) is 42.2 Å². The zero-order chi connectivity index (χ0) is 13.2. The molecule has 0 radical (unpaired) electrons. The average molecular weight is 292 g/mol. The van der Waals surface area contributed by atoms with Crippen LogP contribution in [0.25, 0.3) is 0 Å². The molecule has 0 fully saturated rings. The number of fused-ring (bicyclic) bond motifs is 2. The molecule has 2 aromatic carbocycles. The van der Waals surface area contributed by atoms with Crippen LogP contribution in [-0.4, -0.2) is 12.4 Å². The van der Waals surface area contributed by atoms with Gasteiger partial charge in [-0.25, -0.2) is 0 Å². The highest BCUT2D eigenvalue weighted by Gasteiger charge is 2.19. The Hall–Kier alpha value is -1.18. The Morgan fingerprint density at radius 2 is 1.68 bits per heavy atom. The van der Waals surface area contributed by atoms with Gasteiger partial charge in [-0.2, -0.15) is 0 Å². The van der Waals surface area contributed by atoms with E-state index in [-0.39, 0.29) is 0 Å². The van der Waals surface area contributed by atoms with Gasteiger partial charge in [0.2, 0.25) is 0 Å². The second-order valence-electron chi connectivity index (χ2n) is 4.74. The molecule has 0 amide bonds. The van der Waals surface area contributed by atoms with Crippen LogP contribution in [0.5, 0.6) is 0 Å². The quantitative estimate of drug-likeness (QED) is 0.718. The number of benzene rings is 2. The average Bonchev–Trinajstić information content (AvgIpc) is 2.58. The van der Waals surface area contributed by atoms with Crippen LogP contribution in [0.2, 0.25) is 5.02 Å². The van der Waals surface area contributed by atoms with E-state index in [4.69, 9.17) is 23.2 Å². The van der Waals surface area contributed by atoms with Gasteiger partial charge in [-0.1, -0.05) is 35.9 Å². The van der Waals surface area contributed by atoms with Gasteiger partial charge in [0.1, 0.15) is 0 Å². The minimum Gasteiger partial charge on any atom is -0.340 e. The predicted octanol–water partition coefficient (Wildman–Crippen LogP) is 4.82. The predicted molar refractivity (Wildman–Crippen MR) is 83.0 cm³/mol. The third kappa shape index (κ3) is 2.45. The van der Waals surface area contributed by atoms with Gasteiger partial charge < -0.3 is 4.90 Å². The SMILES string of the molecule is ClCCN1c2ccccc2CCc2ccc(Cl)cc21. The number of rotatable bonds is 2. The van der Waals surface area contributed by atoms with Crippen molar-refractivity contribution in [3.8, 4) is 0 Å². The molecule has 0 saturated carbocycles. The Kier molecular flexibility index (Phi) is 3.67. The number of alkyl halides is 1. The summed E-state index contributed by atoms with van der Waals surface area (Å²) in [5.74, 6) is 0.598. The van der Waals surface area contributed by atoms with Crippen LogP contribution in [0, 0.1) is 0 Å². The molecule has 1 aliphatic rings. The van der Waals surface area contributed by atoms with Gasteiger partial charge in [0.25, 0.3) is 0 Å². The van der Waals surface area contributed by atoms with Crippen molar-refractivity contribution in [2.24, 2.45) is 0 Å². The van der Waals surface area contributed by atoms with Crippen LogP contribution in [0.1, 0.15) is 11.1 Å².